The molecule has 2 amide bonds. The first kappa shape index (κ1) is 22.9. The number of thioether (sulfide) groups is 1. The van der Waals surface area contributed by atoms with Crippen LogP contribution in [0, 0.1) is 0 Å². The minimum Gasteiger partial charge on any atom is -0.497 e. The van der Waals surface area contributed by atoms with Gasteiger partial charge in [-0.15, -0.1) is 0 Å². The van der Waals surface area contributed by atoms with Crippen LogP contribution in [0.2, 0.25) is 5.02 Å². The van der Waals surface area contributed by atoms with Crippen LogP contribution in [0.1, 0.15) is 25.8 Å². The van der Waals surface area contributed by atoms with Crippen molar-refractivity contribution in [3.05, 3.63) is 64.8 Å². The van der Waals surface area contributed by atoms with Gasteiger partial charge in [0.05, 0.1) is 18.6 Å². The summed E-state index contributed by atoms with van der Waals surface area (Å²) < 4.78 is 5.18. The smallest absolute Gasteiger partial charge is 0.283 e. The molecule has 0 saturated heterocycles. The molecule has 1 aliphatic heterocycles. The van der Waals surface area contributed by atoms with E-state index in [1.165, 1.54) is 16.7 Å². The average Bonchev–Trinajstić information content (AvgIpc) is 3.08. The molecule has 0 saturated carbocycles. The Labute approximate surface area is 191 Å². The van der Waals surface area contributed by atoms with Crippen LogP contribution in [0.4, 0.5) is 5.69 Å². The summed E-state index contributed by atoms with van der Waals surface area (Å²) in [5.74, 6) is 0.534. The van der Waals surface area contributed by atoms with Gasteiger partial charge in [0, 0.05) is 11.1 Å². The average molecular weight is 458 g/mol. The molecule has 3 rings (SSSR count). The highest BCUT2D eigenvalue weighted by Crippen LogP contribution is 2.30. The lowest BCUT2D eigenvalue weighted by Gasteiger charge is -2.18. The SMILES string of the molecule is CC[C@H](C)NC(=O)CSC1=N/C(=C/c2ccc(OC)cc2)C(=O)N1c1ccc(Cl)cc1. The zero-order valence-corrected chi connectivity index (χ0v) is 19.2. The van der Waals surface area contributed by atoms with Crippen molar-refractivity contribution in [3.63, 3.8) is 0 Å². The third kappa shape index (κ3) is 5.89. The van der Waals surface area contributed by atoms with Crippen molar-refractivity contribution in [1.82, 2.24) is 5.32 Å². The lowest BCUT2D eigenvalue weighted by Crippen LogP contribution is -2.35. The maximum Gasteiger partial charge on any atom is 0.283 e. The van der Waals surface area contributed by atoms with Gasteiger partial charge in [0.1, 0.15) is 11.4 Å². The zero-order valence-electron chi connectivity index (χ0n) is 17.6. The van der Waals surface area contributed by atoms with Crippen LogP contribution in [-0.2, 0) is 9.59 Å². The topological polar surface area (TPSA) is 71.0 Å². The molecule has 0 aliphatic carbocycles. The number of aliphatic imine (C=N–C) groups is 1. The van der Waals surface area contributed by atoms with Crippen molar-refractivity contribution in [2.75, 3.05) is 17.8 Å². The second-order valence-electron chi connectivity index (χ2n) is 6.98. The summed E-state index contributed by atoms with van der Waals surface area (Å²) in [5, 5.41) is 3.95. The summed E-state index contributed by atoms with van der Waals surface area (Å²) in [4.78, 5) is 31.4. The number of amidine groups is 1. The van der Waals surface area contributed by atoms with E-state index in [1.54, 1.807) is 37.5 Å². The quantitative estimate of drug-likeness (QED) is 0.609. The van der Waals surface area contributed by atoms with Gasteiger partial charge in [-0.25, -0.2) is 4.99 Å². The Morgan fingerprint density at radius 2 is 1.90 bits per heavy atom. The van der Waals surface area contributed by atoms with Crippen molar-refractivity contribution in [2.24, 2.45) is 4.99 Å². The molecule has 31 heavy (non-hydrogen) atoms. The molecule has 0 bridgehead atoms. The van der Waals surface area contributed by atoms with Crippen LogP contribution >= 0.6 is 23.4 Å². The number of halogens is 1. The van der Waals surface area contributed by atoms with Crippen LogP contribution < -0.4 is 15.0 Å². The molecule has 1 N–H and O–H groups in total. The monoisotopic (exact) mass is 457 g/mol. The van der Waals surface area contributed by atoms with E-state index >= 15 is 0 Å². The molecule has 1 heterocycles. The lowest BCUT2D eigenvalue weighted by molar-refractivity contribution is -0.119. The van der Waals surface area contributed by atoms with Gasteiger partial charge in [-0.2, -0.15) is 0 Å². The van der Waals surface area contributed by atoms with Crippen LogP contribution in [0.5, 0.6) is 5.75 Å². The van der Waals surface area contributed by atoms with Gasteiger partial charge in [-0.05, 0) is 61.4 Å². The maximum absolute atomic E-state index is 13.2. The number of anilines is 1. The molecule has 2 aromatic rings. The van der Waals surface area contributed by atoms with Crippen molar-refractivity contribution in [1.29, 1.82) is 0 Å². The first-order chi connectivity index (χ1) is 14.9. The van der Waals surface area contributed by atoms with Crippen LogP contribution in [0.3, 0.4) is 0 Å². The Bertz CT molecular complexity index is 1000. The van der Waals surface area contributed by atoms with Gasteiger partial charge >= 0.3 is 0 Å². The number of nitrogens with zero attached hydrogens (tertiary/aromatic N) is 2. The number of benzene rings is 2. The van der Waals surface area contributed by atoms with E-state index in [4.69, 9.17) is 16.3 Å². The fourth-order valence-corrected chi connectivity index (χ4v) is 3.77. The van der Waals surface area contributed by atoms with Gasteiger partial charge < -0.3 is 10.1 Å². The predicted octanol–water partition coefficient (Wildman–Crippen LogP) is 4.74. The Morgan fingerprint density at radius 1 is 1.23 bits per heavy atom. The van der Waals surface area contributed by atoms with E-state index in [0.717, 1.165) is 17.7 Å². The molecular formula is C23H24ClN3O3S. The van der Waals surface area contributed by atoms with Crippen molar-refractivity contribution in [3.8, 4) is 5.75 Å². The molecule has 0 radical (unpaired) electrons. The molecule has 162 valence electrons. The Kier molecular flexibility index (Phi) is 7.76. The summed E-state index contributed by atoms with van der Waals surface area (Å²) in [6.07, 6.45) is 2.57. The van der Waals surface area contributed by atoms with E-state index in [9.17, 15) is 9.59 Å². The summed E-state index contributed by atoms with van der Waals surface area (Å²) >= 11 is 7.23. The van der Waals surface area contributed by atoms with E-state index in [1.807, 2.05) is 38.1 Å². The zero-order chi connectivity index (χ0) is 22.4. The van der Waals surface area contributed by atoms with Crippen molar-refractivity contribution >= 4 is 52.1 Å². The number of ether oxygens (including phenoxy) is 1. The first-order valence-corrected chi connectivity index (χ1v) is 11.2. The molecule has 0 unspecified atom stereocenters. The highest BCUT2D eigenvalue weighted by molar-refractivity contribution is 8.14. The minimum absolute atomic E-state index is 0.0955. The molecule has 6 nitrogen and oxygen atoms in total. The van der Waals surface area contributed by atoms with Gasteiger partial charge in [-0.1, -0.05) is 42.4 Å². The van der Waals surface area contributed by atoms with Crippen molar-refractivity contribution < 1.29 is 14.3 Å². The number of hydrogen-bond acceptors (Lipinski definition) is 5. The van der Waals surface area contributed by atoms with E-state index in [-0.39, 0.29) is 23.6 Å². The number of amides is 2. The van der Waals surface area contributed by atoms with E-state index in [2.05, 4.69) is 10.3 Å². The predicted molar refractivity (Wildman–Crippen MR) is 128 cm³/mol. The number of nitrogens with one attached hydrogen (secondary N) is 1. The number of carbonyl (C=O) groups excluding carboxylic acids is 2. The number of methoxy groups -OCH3 is 1. The largest absolute Gasteiger partial charge is 0.497 e. The molecule has 1 aliphatic rings. The van der Waals surface area contributed by atoms with Gasteiger partial charge in [0.25, 0.3) is 5.91 Å². The summed E-state index contributed by atoms with van der Waals surface area (Å²) in [6.45, 7) is 3.96. The maximum atomic E-state index is 13.2. The number of rotatable bonds is 7. The highest BCUT2D eigenvalue weighted by Gasteiger charge is 2.32. The Hall–Kier alpha value is -2.77. The summed E-state index contributed by atoms with van der Waals surface area (Å²) in [5.41, 5.74) is 1.76. The third-order valence-corrected chi connectivity index (χ3v) is 5.88. The minimum atomic E-state index is -0.261. The van der Waals surface area contributed by atoms with Crippen LogP contribution in [0.25, 0.3) is 6.08 Å². The third-order valence-electron chi connectivity index (χ3n) is 4.69. The Morgan fingerprint density at radius 3 is 2.52 bits per heavy atom. The molecule has 0 spiro atoms. The number of carbonyl (C=O) groups is 2. The second kappa shape index (κ2) is 10.5. The fourth-order valence-electron chi connectivity index (χ4n) is 2.82. The van der Waals surface area contributed by atoms with E-state index < -0.39 is 0 Å². The van der Waals surface area contributed by atoms with Crippen molar-refractivity contribution in [2.45, 2.75) is 26.3 Å². The Balaban J connectivity index is 1.86. The summed E-state index contributed by atoms with van der Waals surface area (Å²) in [6, 6.07) is 14.4. The fraction of sp³-hybridized carbons (Fsp3) is 0.261. The lowest BCUT2D eigenvalue weighted by atomic mass is 10.2. The summed E-state index contributed by atoms with van der Waals surface area (Å²) in [7, 11) is 1.60. The normalized spacial score (nSPS) is 15.7. The molecule has 1 atom stereocenters. The van der Waals surface area contributed by atoms with Gasteiger partial charge in [0.15, 0.2) is 5.17 Å². The molecule has 0 fully saturated rings. The van der Waals surface area contributed by atoms with E-state index in [0.29, 0.717) is 21.6 Å². The molecular weight excluding hydrogens is 434 g/mol. The molecule has 2 aromatic carbocycles. The van der Waals surface area contributed by atoms with Crippen LogP contribution in [-0.4, -0.2) is 35.9 Å². The van der Waals surface area contributed by atoms with Crippen LogP contribution in [0.15, 0.2) is 59.2 Å². The standard InChI is InChI=1S/C23H24ClN3O3S/c1-4-15(2)25-21(28)14-31-23-26-20(13-16-5-11-19(30-3)12-6-16)22(29)27(23)18-9-7-17(24)8-10-18/h5-13,15H,4,14H2,1-3H3,(H,25,28)/b20-13+/t15-/m0/s1. The second-order valence-corrected chi connectivity index (χ2v) is 8.36. The van der Waals surface area contributed by atoms with Gasteiger partial charge in [-0.3, -0.25) is 14.5 Å². The first-order valence-electron chi connectivity index (χ1n) is 9.88. The molecule has 8 heteroatoms. The number of hydrogen-bond donors (Lipinski definition) is 1. The van der Waals surface area contributed by atoms with Gasteiger partial charge in [0.2, 0.25) is 5.91 Å². The molecule has 0 aromatic heterocycles. The highest BCUT2D eigenvalue weighted by atomic mass is 35.5.